The number of benzene rings is 1. The van der Waals surface area contributed by atoms with Gasteiger partial charge in [-0.1, -0.05) is 22.0 Å². The Balaban J connectivity index is 1.85. The van der Waals surface area contributed by atoms with Crippen LogP contribution in [0.3, 0.4) is 0 Å². The van der Waals surface area contributed by atoms with E-state index in [4.69, 9.17) is 0 Å². The Kier molecular flexibility index (Phi) is 3.90. The lowest BCUT2D eigenvalue weighted by Crippen LogP contribution is -2.10. The quantitative estimate of drug-likeness (QED) is 0.848. The van der Waals surface area contributed by atoms with E-state index in [-0.39, 0.29) is 0 Å². The normalized spacial score (nSPS) is 21.4. The molecule has 1 unspecified atom stereocenters. The molecule has 3 heteroatoms. The van der Waals surface area contributed by atoms with Gasteiger partial charge in [-0.3, -0.25) is 0 Å². The molecule has 1 aliphatic heterocycles. The molecule has 0 amide bonds. The third-order valence-corrected chi connectivity index (χ3v) is 4.16. The van der Waals surface area contributed by atoms with E-state index in [2.05, 4.69) is 45.5 Å². The molecule has 1 nitrogen and oxygen atoms in total. The van der Waals surface area contributed by atoms with Gasteiger partial charge in [0, 0.05) is 15.1 Å². The number of hydrogen-bond acceptors (Lipinski definition) is 2. The van der Waals surface area contributed by atoms with Crippen LogP contribution >= 0.6 is 27.7 Å². The van der Waals surface area contributed by atoms with Crippen molar-refractivity contribution in [1.29, 1.82) is 0 Å². The van der Waals surface area contributed by atoms with E-state index < -0.39 is 0 Å². The number of nitrogens with one attached hydrogen (secondary N) is 1. The van der Waals surface area contributed by atoms with Gasteiger partial charge in [0.15, 0.2) is 0 Å². The van der Waals surface area contributed by atoms with Gasteiger partial charge in [0.05, 0.1) is 0 Å². The van der Waals surface area contributed by atoms with Crippen LogP contribution in [0.1, 0.15) is 6.42 Å². The van der Waals surface area contributed by atoms with Crippen LogP contribution in [-0.2, 0) is 0 Å². The van der Waals surface area contributed by atoms with Gasteiger partial charge < -0.3 is 5.32 Å². The lowest BCUT2D eigenvalue weighted by atomic mass is 10.2. The van der Waals surface area contributed by atoms with Crippen LogP contribution in [0.15, 0.2) is 33.6 Å². The van der Waals surface area contributed by atoms with Gasteiger partial charge in [-0.05, 0) is 43.6 Å². The van der Waals surface area contributed by atoms with Gasteiger partial charge in [0.25, 0.3) is 0 Å². The van der Waals surface area contributed by atoms with E-state index in [0.29, 0.717) is 0 Å². The minimum absolute atomic E-state index is 0.860. The number of thioether (sulfide) groups is 1. The highest BCUT2D eigenvalue weighted by Crippen LogP contribution is 2.25. The van der Waals surface area contributed by atoms with Gasteiger partial charge in [-0.15, -0.1) is 11.8 Å². The summed E-state index contributed by atoms with van der Waals surface area (Å²) in [5, 5.41) is 3.40. The summed E-state index contributed by atoms with van der Waals surface area (Å²) >= 11 is 5.45. The summed E-state index contributed by atoms with van der Waals surface area (Å²) in [6.45, 7) is 2.39. The van der Waals surface area contributed by atoms with E-state index >= 15 is 0 Å². The van der Waals surface area contributed by atoms with Gasteiger partial charge >= 0.3 is 0 Å². The Hall–Kier alpha value is 0.01000. The first-order valence-corrected chi connectivity index (χ1v) is 6.71. The average Bonchev–Trinajstić information content (AvgIpc) is 2.67. The van der Waals surface area contributed by atoms with Crippen molar-refractivity contribution in [2.75, 3.05) is 18.8 Å². The molecule has 0 spiro atoms. The summed E-state index contributed by atoms with van der Waals surface area (Å²) in [7, 11) is 0. The molecule has 0 aliphatic carbocycles. The summed E-state index contributed by atoms with van der Waals surface area (Å²) in [4.78, 5) is 1.37. The largest absolute Gasteiger partial charge is 0.316 e. The topological polar surface area (TPSA) is 12.0 Å². The molecule has 14 heavy (non-hydrogen) atoms. The number of rotatable bonds is 3. The monoisotopic (exact) mass is 271 g/mol. The second kappa shape index (κ2) is 5.19. The third kappa shape index (κ3) is 3.01. The Labute approximate surface area is 97.8 Å². The molecule has 2 rings (SSSR count). The highest BCUT2D eigenvalue weighted by atomic mass is 79.9. The minimum atomic E-state index is 0.860. The van der Waals surface area contributed by atoms with Crippen molar-refractivity contribution in [2.24, 2.45) is 5.92 Å². The first-order valence-electron chi connectivity index (χ1n) is 4.94. The number of hydrogen-bond donors (Lipinski definition) is 1. The van der Waals surface area contributed by atoms with E-state index in [0.717, 1.165) is 5.92 Å². The third-order valence-electron chi connectivity index (χ3n) is 2.44. The molecule has 1 aromatic carbocycles. The van der Waals surface area contributed by atoms with Crippen molar-refractivity contribution in [1.82, 2.24) is 5.32 Å². The Morgan fingerprint density at radius 2 is 2.43 bits per heavy atom. The SMILES string of the molecule is Brc1cccc(SCC2CCNC2)c1. The number of halogens is 1. The first-order chi connectivity index (χ1) is 6.84. The Morgan fingerprint density at radius 3 is 3.14 bits per heavy atom. The van der Waals surface area contributed by atoms with Crippen molar-refractivity contribution >= 4 is 27.7 Å². The maximum atomic E-state index is 3.49. The van der Waals surface area contributed by atoms with Gasteiger partial charge in [-0.25, -0.2) is 0 Å². The summed E-state index contributed by atoms with van der Waals surface area (Å²) in [6.07, 6.45) is 1.33. The molecule has 1 aliphatic rings. The molecule has 1 aromatic rings. The summed E-state index contributed by atoms with van der Waals surface area (Å²) in [5.41, 5.74) is 0. The Morgan fingerprint density at radius 1 is 1.50 bits per heavy atom. The zero-order valence-electron chi connectivity index (χ0n) is 8.00. The van der Waals surface area contributed by atoms with Crippen LogP contribution < -0.4 is 5.32 Å². The van der Waals surface area contributed by atoms with Crippen LogP contribution in [0, 0.1) is 5.92 Å². The van der Waals surface area contributed by atoms with Crippen LogP contribution in [0.2, 0.25) is 0 Å². The second-order valence-corrected chi connectivity index (χ2v) is 5.64. The standard InChI is InChI=1S/C11H14BrNS/c12-10-2-1-3-11(6-10)14-8-9-4-5-13-7-9/h1-3,6,9,13H,4-5,7-8H2. The van der Waals surface area contributed by atoms with E-state index in [1.165, 1.54) is 34.6 Å². The molecule has 0 bridgehead atoms. The zero-order valence-corrected chi connectivity index (χ0v) is 10.4. The van der Waals surface area contributed by atoms with Crippen molar-refractivity contribution in [3.8, 4) is 0 Å². The summed E-state index contributed by atoms with van der Waals surface area (Å²) < 4.78 is 1.17. The fourth-order valence-electron chi connectivity index (χ4n) is 1.63. The van der Waals surface area contributed by atoms with Crippen molar-refractivity contribution in [3.63, 3.8) is 0 Å². The first kappa shape index (κ1) is 10.5. The molecule has 1 heterocycles. The average molecular weight is 272 g/mol. The van der Waals surface area contributed by atoms with E-state index in [9.17, 15) is 0 Å². The molecule has 1 N–H and O–H groups in total. The highest BCUT2D eigenvalue weighted by molar-refractivity contribution is 9.10. The minimum Gasteiger partial charge on any atom is -0.316 e. The summed E-state index contributed by atoms with van der Waals surface area (Å²) in [6, 6.07) is 8.53. The van der Waals surface area contributed by atoms with Crippen LogP contribution in [0.25, 0.3) is 0 Å². The summed E-state index contributed by atoms with van der Waals surface area (Å²) in [5.74, 6) is 2.10. The molecule has 0 saturated carbocycles. The van der Waals surface area contributed by atoms with Crippen molar-refractivity contribution in [2.45, 2.75) is 11.3 Å². The molecule has 1 atom stereocenters. The fourth-order valence-corrected chi connectivity index (χ4v) is 3.28. The van der Waals surface area contributed by atoms with Crippen LogP contribution in [-0.4, -0.2) is 18.8 Å². The van der Waals surface area contributed by atoms with E-state index in [1.54, 1.807) is 0 Å². The van der Waals surface area contributed by atoms with Gasteiger partial charge in [0.2, 0.25) is 0 Å². The molecule has 76 valence electrons. The highest BCUT2D eigenvalue weighted by Gasteiger charge is 2.14. The molecular formula is C11H14BrNS. The van der Waals surface area contributed by atoms with Gasteiger partial charge in [0.1, 0.15) is 0 Å². The smallest absolute Gasteiger partial charge is 0.0186 e. The fraction of sp³-hybridized carbons (Fsp3) is 0.455. The maximum absolute atomic E-state index is 3.49. The molecule has 1 fully saturated rings. The van der Waals surface area contributed by atoms with Gasteiger partial charge in [-0.2, -0.15) is 0 Å². The molecule has 0 radical (unpaired) electrons. The lowest BCUT2D eigenvalue weighted by molar-refractivity contribution is 0.663. The van der Waals surface area contributed by atoms with Crippen LogP contribution in [0.5, 0.6) is 0 Å². The molecular weight excluding hydrogens is 258 g/mol. The predicted molar refractivity (Wildman–Crippen MR) is 65.8 cm³/mol. The molecule has 0 aromatic heterocycles. The van der Waals surface area contributed by atoms with E-state index in [1.807, 2.05) is 11.8 Å². The van der Waals surface area contributed by atoms with Crippen LogP contribution in [0.4, 0.5) is 0 Å². The molecule has 1 saturated heterocycles. The second-order valence-electron chi connectivity index (χ2n) is 3.63. The van der Waals surface area contributed by atoms with Crippen molar-refractivity contribution in [3.05, 3.63) is 28.7 Å². The Bertz CT molecular complexity index is 297. The predicted octanol–water partition coefficient (Wildman–Crippen LogP) is 3.15. The van der Waals surface area contributed by atoms with Crippen molar-refractivity contribution < 1.29 is 0 Å². The lowest BCUT2D eigenvalue weighted by Gasteiger charge is -2.07. The maximum Gasteiger partial charge on any atom is 0.0186 e. The zero-order chi connectivity index (χ0) is 9.80.